The molecule has 1 aliphatic heterocycles. The number of aliphatic imine (C=N–C) groups is 1. The predicted molar refractivity (Wildman–Crippen MR) is 88.7 cm³/mol. The summed E-state index contributed by atoms with van der Waals surface area (Å²) in [6.45, 7) is 0. The number of pyridine rings is 1. The molecule has 24 heavy (non-hydrogen) atoms. The largest absolute Gasteiger partial charge is 0.497 e. The smallest absolute Gasteiger partial charge is 0.188 e. The molecule has 0 spiro atoms. The van der Waals surface area contributed by atoms with E-state index < -0.39 is 11.6 Å². The molecule has 0 saturated carbocycles. The number of halogens is 1. The molecule has 0 aliphatic carbocycles. The number of benzene rings is 1. The minimum absolute atomic E-state index is 0.0265. The molecule has 8 heteroatoms. The van der Waals surface area contributed by atoms with Crippen molar-refractivity contribution in [2.45, 2.75) is 12.2 Å². The third-order valence-electron chi connectivity index (χ3n) is 3.78. The van der Waals surface area contributed by atoms with Gasteiger partial charge < -0.3 is 20.5 Å². The Bertz CT molecular complexity index is 811. The number of methoxy groups -OCH3 is 2. The van der Waals surface area contributed by atoms with Gasteiger partial charge in [-0.3, -0.25) is 10.7 Å². The number of nitrogens with two attached hydrogens (primary N) is 2. The van der Waals surface area contributed by atoms with E-state index in [0.29, 0.717) is 17.2 Å². The highest BCUT2D eigenvalue weighted by atomic mass is 19.1. The van der Waals surface area contributed by atoms with Crippen LogP contribution in [0.1, 0.15) is 11.1 Å². The van der Waals surface area contributed by atoms with E-state index in [9.17, 15) is 4.39 Å². The summed E-state index contributed by atoms with van der Waals surface area (Å²) < 4.78 is 24.4. The SMILES string of the molecule is COc1ccc(CC2(N)N=C(N)c3c(F)cncc3N2)c(OC)c1. The average Bonchev–Trinajstić information content (AvgIpc) is 2.54. The summed E-state index contributed by atoms with van der Waals surface area (Å²) in [7, 11) is 3.13. The predicted octanol–water partition coefficient (Wildman–Crippen LogP) is 1.22. The second kappa shape index (κ2) is 5.97. The van der Waals surface area contributed by atoms with Gasteiger partial charge in [0, 0.05) is 18.1 Å². The van der Waals surface area contributed by atoms with Crippen LogP contribution in [0, 0.1) is 5.82 Å². The summed E-state index contributed by atoms with van der Waals surface area (Å²) >= 11 is 0. The second-order valence-electron chi connectivity index (χ2n) is 5.44. The number of ether oxygens (including phenoxy) is 2. The van der Waals surface area contributed by atoms with Crippen molar-refractivity contribution in [3.8, 4) is 11.5 Å². The lowest BCUT2D eigenvalue weighted by Gasteiger charge is -2.33. The zero-order valence-corrected chi connectivity index (χ0v) is 13.3. The molecule has 7 nitrogen and oxygen atoms in total. The van der Waals surface area contributed by atoms with Crippen LogP contribution >= 0.6 is 0 Å². The number of fused-ring (bicyclic) bond motifs is 1. The minimum atomic E-state index is -1.24. The molecule has 1 unspecified atom stereocenters. The summed E-state index contributed by atoms with van der Waals surface area (Å²) in [5.74, 6) is -0.492. The Balaban J connectivity index is 1.95. The normalized spacial score (nSPS) is 19.1. The van der Waals surface area contributed by atoms with Gasteiger partial charge in [-0.25, -0.2) is 9.38 Å². The molecule has 0 bridgehead atoms. The molecule has 1 aliphatic rings. The van der Waals surface area contributed by atoms with Crippen LogP contribution in [0.2, 0.25) is 0 Å². The number of rotatable bonds is 4. The molecule has 3 rings (SSSR count). The molecule has 2 heterocycles. The average molecular weight is 331 g/mol. The van der Waals surface area contributed by atoms with Gasteiger partial charge in [-0.05, 0) is 6.07 Å². The summed E-state index contributed by atoms with van der Waals surface area (Å²) in [6, 6.07) is 5.38. The van der Waals surface area contributed by atoms with Gasteiger partial charge in [0.15, 0.2) is 11.6 Å². The summed E-state index contributed by atoms with van der Waals surface area (Å²) in [5, 5.41) is 2.99. The van der Waals surface area contributed by atoms with Crippen molar-refractivity contribution < 1.29 is 13.9 Å². The fourth-order valence-corrected chi connectivity index (χ4v) is 2.69. The first-order valence-corrected chi connectivity index (χ1v) is 7.23. The minimum Gasteiger partial charge on any atom is -0.497 e. The Hall–Kier alpha value is -2.87. The zero-order valence-electron chi connectivity index (χ0n) is 13.3. The molecule has 1 atom stereocenters. The van der Waals surface area contributed by atoms with E-state index in [4.69, 9.17) is 20.9 Å². The maximum atomic E-state index is 13.9. The van der Waals surface area contributed by atoms with Crippen molar-refractivity contribution in [1.82, 2.24) is 4.98 Å². The topological polar surface area (TPSA) is 108 Å². The lowest BCUT2D eigenvalue weighted by Crippen LogP contribution is -2.52. The maximum Gasteiger partial charge on any atom is 0.188 e. The number of aromatic nitrogens is 1. The molecule has 0 amide bonds. The monoisotopic (exact) mass is 331 g/mol. The first-order chi connectivity index (χ1) is 11.5. The Morgan fingerprint density at radius 2 is 2.04 bits per heavy atom. The van der Waals surface area contributed by atoms with Crippen molar-refractivity contribution in [1.29, 1.82) is 0 Å². The molecule has 1 aromatic carbocycles. The van der Waals surface area contributed by atoms with Gasteiger partial charge in [0.05, 0.1) is 37.9 Å². The van der Waals surface area contributed by atoms with E-state index in [2.05, 4.69) is 15.3 Å². The maximum absolute atomic E-state index is 13.9. The van der Waals surface area contributed by atoms with E-state index in [-0.39, 0.29) is 17.8 Å². The number of hydrogen-bond donors (Lipinski definition) is 3. The Morgan fingerprint density at radius 1 is 1.25 bits per heavy atom. The van der Waals surface area contributed by atoms with Gasteiger partial charge in [-0.1, -0.05) is 6.07 Å². The van der Waals surface area contributed by atoms with Crippen LogP contribution in [0.3, 0.4) is 0 Å². The first kappa shape index (κ1) is 16.0. The third-order valence-corrected chi connectivity index (χ3v) is 3.78. The van der Waals surface area contributed by atoms with E-state index in [1.54, 1.807) is 26.4 Å². The summed E-state index contributed by atoms with van der Waals surface area (Å²) in [5.41, 5.74) is 13.6. The fraction of sp³-hybridized carbons (Fsp3) is 0.250. The van der Waals surface area contributed by atoms with Crippen LogP contribution in [0.15, 0.2) is 35.6 Å². The van der Waals surface area contributed by atoms with Crippen LogP contribution in [0.5, 0.6) is 11.5 Å². The number of amidine groups is 1. The van der Waals surface area contributed by atoms with Gasteiger partial charge >= 0.3 is 0 Å². The van der Waals surface area contributed by atoms with Crippen LogP contribution in [0.4, 0.5) is 10.1 Å². The lowest BCUT2D eigenvalue weighted by atomic mass is 10.0. The van der Waals surface area contributed by atoms with Crippen molar-refractivity contribution >= 4 is 11.5 Å². The highest BCUT2D eigenvalue weighted by Gasteiger charge is 2.33. The fourth-order valence-electron chi connectivity index (χ4n) is 2.69. The molecule has 126 valence electrons. The highest BCUT2D eigenvalue weighted by Crippen LogP contribution is 2.31. The molecule has 2 aromatic rings. The lowest BCUT2D eigenvalue weighted by molar-refractivity contribution is 0.386. The number of nitrogens with one attached hydrogen (secondary N) is 1. The molecule has 0 radical (unpaired) electrons. The van der Waals surface area contributed by atoms with Gasteiger partial charge in [0.2, 0.25) is 0 Å². The number of nitrogens with zero attached hydrogens (tertiary/aromatic N) is 2. The highest BCUT2D eigenvalue weighted by molar-refractivity contribution is 6.04. The van der Waals surface area contributed by atoms with Crippen molar-refractivity contribution in [2.75, 3.05) is 19.5 Å². The Kier molecular flexibility index (Phi) is 3.98. The van der Waals surface area contributed by atoms with E-state index in [1.807, 2.05) is 6.07 Å². The van der Waals surface area contributed by atoms with Crippen LogP contribution in [-0.4, -0.2) is 30.8 Å². The Labute approximate surface area is 138 Å². The molecule has 0 saturated heterocycles. The van der Waals surface area contributed by atoms with E-state index in [0.717, 1.165) is 11.8 Å². The van der Waals surface area contributed by atoms with Crippen molar-refractivity contribution in [3.05, 3.63) is 47.5 Å². The van der Waals surface area contributed by atoms with Gasteiger partial charge in [-0.2, -0.15) is 0 Å². The van der Waals surface area contributed by atoms with Crippen LogP contribution in [0.25, 0.3) is 0 Å². The quantitative estimate of drug-likeness (QED) is 0.777. The standard InChI is InChI=1S/C16H18FN5O2/c1-23-10-4-3-9(13(5-10)24-2)6-16(19)21-12-8-20-7-11(17)14(12)15(18)22-16/h3-5,7-8,21H,6,19H2,1-2H3,(H2,18,22). The summed E-state index contributed by atoms with van der Waals surface area (Å²) in [6.07, 6.45) is 2.82. The molecular weight excluding hydrogens is 313 g/mol. The van der Waals surface area contributed by atoms with Gasteiger partial charge in [0.1, 0.15) is 17.3 Å². The number of anilines is 1. The van der Waals surface area contributed by atoms with Crippen LogP contribution in [-0.2, 0) is 6.42 Å². The number of hydrogen-bond acceptors (Lipinski definition) is 7. The van der Waals surface area contributed by atoms with Gasteiger partial charge in [0.25, 0.3) is 0 Å². The van der Waals surface area contributed by atoms with E-state index >= 15 is 0 Å². The van der Waals surface area contributed by atoms with Crippen LogP contribution < -0.4 is 26.3 Å². The summed E-state index contributed by atoms with van der Waals surface area (Å²) in [4.78, 5) is 8.05. The zero-order chi connectivity index (χ0) is 17.3. The van der Waals surface area contributed by atoms with Crippen molar-refractivity contribution in [2.24, 2.45) is 16.5 Å². The second-order valence-corrected chi connectivity index (χ2v) is 5.44. The van der Waals surface area contributed by atoms with Crippen molar-refractivity contribution in [3.63, 3.8) is 0 Å². The third kappa shape index (κ3) is 2.83. The molecular formula is C16H18FN5O2. The Morgan fingerprint density at radius 3 is 2.75 bits per heavy atom. The molecule has 0 fully saturated rings. The van der Waals surface area contributed by atoms with E-state index in [1.165, 1.54) is 6.20 Å². The van der Waals surface area contributed by atoms with Gasteiger partial charge in [-0.15, -0.1) is 0 Å². The molecule has 5 N–H and O–H groups in total. The molecule has 1 aromatic heterocycles. The first-order valence-electron chi connectivity index (χ1n) is 7.23.